The molecule has 0 aromatic carbocycles. The number of nitrogen functional groups attached to an aromatic ring is 1. The fourth-order valence-corrected chi connectivity index (χ4v) is 4.92. The molecule has 3 aromatic rings. The Hall–Kier alpha value is -2.03. The Labute approximate surface area is 142 Å². The number of nitrogens with zero attached hydrogens (tertiary/aromatic N) is 4. The van der Waals surface area contributed by atoms with Gasteiger partial charge in [0.2, 0.25) is 0 Å². The minimum Gasteiger partial charge on any atom is -0.378 e. The molecule has 3 N–H and O–H groups in total. The van der Waals surface area contributed by atoms with Crippen molar-refractivity contribution in [3.8, 4) is 0 Å². The highest BCUT2D eigenvalue weighted by Crippen LogP contribution is 2.43. The van der Waals surface area contributed by atoms with Crippen molar-refractivity contribution < 1.29 is 4.74 Å². The van der Waals surface area contributed by atoms with Crippen molar-refractivity contribution in [2.75, 3.05) is 36.6 Å². The molecule has 1 fully saturated rings. The quantitative estimate of drug-likeness (QED) is 0.543. The van der Waals surface area contributed by atoms with Gasteiger partial charge in [0.05, 0.1) is 23.4 Å². The van der Waals surface area contributed by atoms with Gasteiger partial charge in [0.15, 0.2) is 5.82 Å². The summed E-state index contributed by atoms with van der Waals surface area (Å²) in [4.78, 5) is 17.2. The molecule has 0 spiro atoms. The summed E-state index contributed by atoms with van der Waals surface area (Å²) in [6.45, 7) is 3.36. The van der Waals surface area contributed by atoms with Gasteiger partial charge in [-0.1, -0.05) is 0 Å². The SMILES string of the molecule is NNc1ncnc2c1sc1nc(N3CCOCC3)c3c(c12)CCC3. The van der Waals surface area contributed by atoms with Crippen molar-refractivity contribution in [3.63, 3.8) is 0 Å². The maximum absolute atomic E-state index is 5.62. The Kier molecular flexibility index (Phi) is 3.29. The molecule has 7 nitrogen and oxygen atoms in total. The molecule has 24 heavy (non-hydrogen) atoms. The van der Waals surface area contributed by atoms with Crippen LogP contribution in [-0.4, -0.2) is 41.3 Å². The van der Waals surface area contributed by atoms with Gasteiger partial charge in [-0.25, -0.2) is 20.8 Å². The molecular weight excluding hydrogens is 324 g/mol. The Morgan fingerprint density at radius 1 is 1.17 bits per heavy atom. The van der Waals surface area contributed by atoms with Crippen LogP contribution in [0.4, 0.5) is 11.6 Å². The lowest BCUT2D eigenvalue weighted by Gasteiger charge is -2.29. The van der Waals surface area contributed by atoms with E-state index < -0.39 is 0 Å². The molecule has 5 rings (SSSR count). The number of hydrogen-bond donors (Lipinski definition) is 2. The summed E-state index contributed by atoms with van der Waals surface area (Å²) in [5.74, 6) is 7.43. The molecular formula is C16H18N6OS. The normalized spacial score (nSPS) is 17.6. The van der Waals surface area contributed by atoms with Gasteiger partial charge in [0.25, 0.3) is 0 Å². The molecule has 0 atom stereocenters. The number of nitrogens with one attached hydrogen (secondary N) is 1. The lowest BCUT2D eigenvalue weighted by atomic mass is 10.1. The predicted molar refractivity (Wildman–Crippen MR) is 95.6 cm³/mol. The van der Waals surface area contributed by atoms with Crippen molar-refractivity contribution >= 4 is 43.4 Å². The van der Waals surface area contributed by atoms with E-state index in [1.54, 1.807) is 17.7 Å². The van der Waals surface area contributed by atoms with Crippen molar-refractivity contribution in [1.82, 2.24) is 15.0 Å². The highest BCUT2D eigenvalue weighted by molar-refractivity contribution is 7.26. The topological polar surface area (TPSA) is 89.2 Å². The van der Waals surface area contributed by atoms with Crippen LogP contribution < -0.4 is 16.2 Å². The van der Waals surface area contributed by atoms with Gasteiger partial charge in [0, 0.05) is 18.5 Å². The molecule has 0 radical (unpaired) electrons. The number of hydrazine groups is 1. The second-order valence-electron chi connectivity index (χ2n) is 6.17. The van der Waals surface area contributed by atoms with E-state index in [4.69, 9.17) is 15.6 Å². The molecule has 0 bridgehead atoms. The molecule has 124 valence electrons. The zero-order valence-corrected chi connectivity index (χ0v) is 14.0. The zero-order chi connectivity index (χ0) is 16.1. The molecule has 4 heterocycles. The van der Waals surface area contributed by atoms with Crippen molar-refractivity contribution in [2.45, 2.75) is 19.3 Å². The smallest absolute Gasteiger partial charge is 0.161 e. The fourth-order valence-electron chi connectivity index (χ4n) is 3.82. The third kappa shape index (κ3) is 2.00. The van der Waals surface area contributed by atoms with Gasteiger partial charge in [-0.2, -0.15) is 0 Å². The van der Waals surface area contributed by atoms with Crippen LogP contribution in [0.15, 0.2) is 6.33 Å². The van der Waals surface area contributed by atoms with Gasteiger partial charge in [-0.15, -0.1) is 11.3 Å². The molecule has 0 amide bonds. The van der Waals surface area contributed by atoms with Gasteiger partial charge in [0.1, 0.15) is 17.0 Å². The Bertz CT molecular complexity index is 933. The molecule has 2 aliphatic rings. The number of thiophene rings is 1. The molecule has 0 unspecified atom stereocenters. The fraction of sp³-hybridized carbons (Fsp3) is 0.438. The number of nitrogens with two attached hydrogens (primary N) is 1. The third-order valence-electron chi connectivity index (χ3n) is 4.90. The number of morpholine rings is 1. The zero-order valence-electron chi connectivity index (χ0n) is 13.2. The van der Waals surface area contributed by atoms with E-state index in [9.17, 15) is 0 Å². The van der Waals surface area contributed by atoms with Crippen LogP contribution in [-0.2, 0) is 17.6 Å². The van der Waals surface area contributed by atoms with Crippen molar-refractivity contribution in [2.24, 2.45) is 5.84 Å². The van der Waals surface area contributed by atoms with Crippen LogP contribution in [0.25, 0.3) is 20.4 Å². The van der Waals surface area contributed by atoms with Crippen molar-refractivity contribution in [1.29, 1.82) is 0 Å². The Morgan fingerprint density at radius 2 is 2.00 bits per heavy atom. The van der Waals surface area contributed by atoms with Crippen LogP contribution in [0, 0.1) is 0 Å². The standard InChI is InChI=1S/C16H18N6OS/c17-21-14-13-12(18-8-19-14)11-9-2-1-3-10(9)15(20-16(11)24-13)22-4-6-23-7-5-22/h8H,1-7,17H2,(H,18,19,21). The molecule has 0 saturated carbocycles. The minimum absolute atomic E-state index is 0.669. The van der Waals surface area contributed by atoms with E-state index in [-0.39, 0.29) is 0 Å². The van der Waals surface area contributed by atoms with E-state index in [2.05, 4.69) is 20.3 Å². The van der Waals surface area contributed by atoms with Gasteiger partial charge >= 0.3 is 0 Å². The maximum Gasteiger partial charge on any atom is 0.161 e. The number of fused-ring (bicyclic) bond motifs is 5. The minimum atomic E-state index is 0.669. The van der Waals surface area contributed by atoms with E-state index in [1.807, 2.05) is 0 Å². The molecule has 3 aromatic heterocycles. The first-order valence-electron chi connectivity index (χ1n) is 8.25. The summed E-state index contributed by atoms with van der Waals surface area (Å²) < 4.78 is 6.48. The summed E-state index contributed by atoms with van der Waals surface area (Å²) in [6, 6.07) is 0. The van der Waals surface area contributed by atoms with Crippen LogP contribution in [0.2, 0.25) is 0 Å². The molecule has 1 aliphatic heterocycles. The number of pyridine rings is 1. The second kappa shape index (κ2) is 5.51. The highest BCUT2D eigenvalue weighted by Gasteiger charge is 2.27. The molecule has 1 saturated heterocycles. The summed E-state index contributed by atoms with van der Waals surface area (Å²) in [5.41, 5.74) is 6.46. The van der Waals surface area contributed by atoms with E-state index in [0.717, 1.165) is 60.0 Å². The monoisotopic (exact) mass is 342 g/mol. The molecule has 1 aliphatic carbocycles. The second-order valence-corrected chi connectivity index (χ2v) is 7.17. The lowest BCUT2D eigenvalue weighted by Crippen LogP contribution is -2.37. The van der Waals surface area contributed by atoms with Gasteiger partial charge in [-0.3, -0.25) is 0 Å². The van der Waals surface area contributed by atoms with E-state index in [1.165, 1.54) is 22.9 Å². The van der Waals surface area contributed by atoms with Gasteiger partial charge < -0.3 is 15.1 Å². The van der Waals surface area contributed by atoms with Crippen LogP contribution in [0.3, 0.4) is 0 Å². The number of rotatable bonds is 2. The number of aryl methyl sites for hydroxylation is 1. The molecule has 8 heteroatoms. The number of ether oxygens (including phenoxy) is 1. The largest absolute Gasteiger partial charge is 0.378 e. The third-order valence-corrected chi connectivity index (χ3v) is 5.98. The Balaban J connectivity index is 1.80. The van der Waals surface area contributed by atoms with Crippen LogP contribution in [0.5, 0.6) is 0 Å². The average molecular weight is 342 g/mol. The number of hydrogen-bond acceptors (Lipinski definition) is 8. The van der Waals surface area contributed by atoms with Gasteiger partial charge in [-0.05, 0) is 30.4 Å². The summed E-state index contributed by atoms with van der Waals surface area (Å²) >= 11 is 1.62. The van der Waals surface area contributed by atoms with E-state index >= 15 is 0 Å². The first-order chi connectivity index (χ1) is 11.9. The first kappa shape index (κ1) is 14.3. The summed E-state index contributed by atoms with van der Waals surface area (Å²) in [5, 5.41) is 1.19. The summed E-state index contributed by atoms with van der Waals surface area (Å²) in [7, 11) is 0. The predicted octanol–water partition coefficient (Wildman–Crippen LogP) is 1.85. The highest BCUT2D eigenvalue weighted by atomic mass is 32.1. The lowest BCUT2D eigenvalue weighted by molar-refractivity contribution is 0.122. The first-order valence-corrected chi connectivity index (χ1v) is 9.06. The van der Waals surface area contributed by atoms with Crippen molar-refractivity contribution in [3.05, 3.63) is 17.5 Å². The van der Waals surface area contributed by atoms with E-state index in [0.29, 0.717) is 5.82 Å². The number of anilines is 2. The summed E-state index contributed by atoms with van der Waals surface area (Å²) in [6.07, 6.45) is 4.93. The van der Waals surface area contributed by atoms with Crippen LogP contribution >= 0.6 is 11.3 Å². The maximum atomic E-state index is 5.62. The Morgan fingerprint density at radius 3 is 2.83 bits per heavy atom. The number of aromatic nitrogens is 3. The average Bonchev–Trinajstić information content (AvgIpc) is 3.25. The van der Waals surface area contributed by atoms with Crippen LogP contribution in [0.1, 0.15) is 17.5 Å².